The molecule has 120 valence electrons. The standard InChI is InChI=1S/C18H19ClN2O2/c1-18(2)12-16(20-14-6-4-3-5-7-14)23-21(17(18)22)15-10-8-13(19)9-11-15/h3-11,16,20H,12H2,1-2H3. The highest BCUT2D eigenvalue weighted by Gasteiger charge is 2.42. The molecule has 1 heterocycles. The third-order valence-electron chi connectivity index (χ3n) is 3.85. The van der Waals surface area contributed by atoms with Gasteiger partial charge < -0.3 is 5.32 Å². The van der Waals surface area contributed by atoms with Gasteiger partial charge in [0.1, 0.15) is 0 Å². The number of carbonyl (C=O) groups excluding carboxylic acids is 1. The van der Waals surface area contributed by atoms with Crippen LogP contribution in [0.25, 0.3) is 0 Å². The van der Waals surface area contributed by atoms with E-state index in [1.165, 1.54) is 5.06 Å². The van der Waals surface area contributed by atoms with Gasteiger partial charge in [-0.3, -0.25) is 4.79 Å². The number of nitrogens with one attached hydrogen (secondary N) is 1. The number of halogens is 1. The Morgan fingerprint density at radius 2 is 1.78 bits per heavy atom. The van der Waals surface area contributed by atoms with Crippen molar-refractivity contribution in [3.8, 4) is 0 Å². The highest BCUT2D eigenvalue weighted by atomic mass is 35.5. The number of anilines is 2. The van der Waals surface area contributed by atoms with E-state index in [9.17, 15) is 4.79 Å². The number of benzene rings is 2. The molecular weight excluding hydrogens is 312 g/mol. The topological polar surface area (TPSA) is 41.6 Å². The number of hydrogen-bond acceptors (Lipinski definition) is 3. The summed E-state index contributed by atoms with van der Waals surface area (Å²) in [6, 6.07) is 16.9. The van der Waals surface area contributed by atoms with Gasteiger partial charge in [-0.25, -0.2) is 4.84 Å². The van der Waals surface area contributed by atoms with E-state index in [2.05, 4.69) is 5.32 Å². The summed E-state index contributed by atoms with van der Waals surface area (Å²) in [4.78, 5) is 18.6. The summed E-state index contributed by atoms with van der Waals surface area (Å²) in [6.07, 6.45) is 0.297. The van der Waals surface area contributed by atoms with Crippen LogP contribution in [0.15, 0.2) is 54.6 Å². The average molecular weight is 331 g/mol. The van der Waals surface area contributed by atoms with Crippen LogP contribution < -0.4 is 10.4 Å². The maximum atomic E-state index is 12.7. The zero-order chi connectivity index (χ0) is 16.4. The van der Waals surface area contributed by atoms with Crippen molar-refractivity contribution in [2.75, 3.05) is 10.4 Å². The lowest BCUT2D eigenvalue weighted by atomic mass is 9.86. The smallest absolute Gasteiger partial charge is 0.256 e. The second-order valence-electron chi connectivity index (χ2n) is 6.27. The van der Waals surface area contributed by atoms with Gasteiger partial charge in [-0.2, -0.15) is 5.06 Å². The number of para-hydroxylation sites is 1. The van der Waals surface area contributed by atoms with Crippen LogP contribution in [0.2, 0.25) is 5.02 Å². The van der Waals surface area contributed by atoms with Crippen molar-refractivity contribution < 1.29 is 9.63 Å². The Morgan fingerprint density at radius 3 is 2.43 bits per heavy atom. The minimum Gasteiger partial charge on any atom is -0.358 e. The molecule has 1 N–H and O–H groups in total. The number of hydroxylamine groups is 1. The van der Waals surface area contributed by atoms with Gasteiger partial charge in [0.05, 0.1) is 11.1 Å². The van der Waals surface area contributed by atoms with Crippen molar-refractivity contribution >= 4 is 28.9 Å². The van der Waals surface area contributed by atoms with Gasteiger partial charge in [0.15, 0.2) is 6.23 Å². The van der Waals surface area contributed by atoms with Gasteiger partial charge in [0.25, 0.3) is 5.91 Å². The first kappa shape index (κ1) is 15.8. The fourth-order valence-electron chi connectivity index (χ4n) is 2.59. The van der Waals surface area contributed by atoms with Crippen LogP contribution in [0.1, 0.15) is 20.3 Å². The molecule has 2 aromatic carbocycles. The molecule has 0 bridgehead atoms. The molecule has 0 aliphatic carbocycles. The summed E-state index contributed by atoms with van der Waals surface area (Å²) in [5.74, 6) is -0.0639. The highest BCUT2D eigenvalue weighted by molar-refractivity contribution is 6.30. The molecule has 1 saturated heterocycles. The Bertz CT molecular complexity index is 686. The summed E-state index contributed by atoms with van der Waals surface area (Å²) < 4.78 is 0. The maximum Gasteiger partial charge on any atom is 0.256 e. The van der Waals surface area contributed by atoms with Crippen molar-refractivity contribution in [3.63, 3.8) is 0 Å². The molecule has 5 heteroatoms. The largest absolute Gasteiger partial charge is 0.358 e. The number of amides is 1. The minimum atomic E-state index is -0.523. The average Bonchev–Trinajstić information content (AvgIpc) is 2.52. The molecule has 0 aromatic heterocycles. The number of nitrogens with zero attached hydrogens (tertiary/aromatic N) is 1. The van der Waals surface area contributed by atoms with Crippen LogP contribution in [-0.4, -0.2) is 12.1 Å². The van der Waals surface area contributed by atoms with Gasteiger partial charge >= 0.3 is 0 Å². The van der Waals surface area contributed by atoms with Crippen molar-refractivity contribution in [1.82, 2.24) is 0 Å². The first-order chi connectivity index (χ1) is 11.0. The molecule has 2 aromatic rings. The fourth-order valence-corrected chi connectivity index (χ4v) is 2.72. The van der Waals surface area contributed by atoms with Crippen LogP contribution in [0.3, 0.4) is 0 Å². The maximum absolute atomic E-state index is 12.7. The van der Waals surface area contributed by atoms with E-state index >= 15 is 0 Å². The zero-order valence-corrected chi connectivity index (χ0v) is 13.9. The van der Waals surface area contributed by atoms with E-state index in [0.717, 1.165) is 5.69 Å². The summed E-state index contributed by atoms with van der Waals surface area (Å²) in [7, 11) is 0. The SMILES string of the molecule is CC1(C)CC(Nc2ccccc2)ON(c2ccc(Cl)cc2)C1=O. The van der Waals surface area contributed by atoms with E-state index < -0.39 is 5.41 Å². The Hall–Kier alpha value is -2.04. The van der Waals surface area contributed by atoms with Crippen LogP contribution >= 0.6 is 11.6 Å². The first-order valence-electron chi connectivity index (χ1n) is 7.54. The van der Waals surface area contributed by atoms with Gasteiger partial charge in [0, 0.05) is 17.1 Å². The third-order valence-corrected chi connectivity index (χ3v) is 4.11. The first-order valence-corrected chi connectivity index (χ1v) is 7.92. The summed E-state index contributed by atoms with van der Waals surface area (Å²) in [5, 5.41) is 5.31. The molecule has 1 fully saturated rings. The quantitative estimate of drug-likeness (QED) is 0.902. The molecule has 0 saturated carbocycles. The summed E-state index contributed by atoms with van der Waals surface area (Å²) in [5.41, 5.74) is 1.11. The molecule has 1 aliphatic heterocycles. The highest BCUT2D eigenvalue weighted by Crippen LogP contribution is 2.35. The number of rotatable bonds is 3. The Balaban J connectivity index is 1.84. The van der Waals surface area contributed by atoms with E-state index in [1.54, 1.807) is 24.3 Å². The van der Waals surface area contributed by atoms with Gasteiger partial charge in [-0.15, -0.1) is 0 Å². The Kier molecular flexibility index (Phi) is 4.28. The molecule has 0 spiro atoms. The van der Waals surface area contributed by atoms with Gasteiger partial charge in [0.2, 0.25) is 0 Å². The van der Waals surface area contributed by atoms with Crippen LogP contribution in [0.5, 0.6) is 0 Å². The Morgan fingerprint density at radius 1 is 1.13 bits per heavy atom. The van der Waals surface area contributed by atoms with Crippen molar-refractivity contribution in [3.05, 3.63) is 59.6 Å². The lowest BCUT2D eigenvalue weighted by molar-refractivity contribution is -0.147. The third kappa shape index (κ3) is 3.49. The molecule has 0 radical (unpaired) electrons. The van der Waals surface area contributed by atoms with Crippen molar-refractivity contribution in [1.29, 1.82) is 0 Å². The summed E-state index contributed by atoms with van der Waals surface area (Å²) in [6.45, 7) is 3.86. The van der Waals surface area contributed by atoms with E-state index in [0.29, 0.717) is 17.1 Å². The molecule has 1 amide bonds. The van der Waals surface area contributed by atoms with E-state index in [4.69, 9.17) is 16.4 Å². The molecule has 1 atom stereocenters. The molecule has 3 rings (SSSR count). The van der Waals surface area contributed by atoms with Crippen LogP contribution in [0.4, 0.5) is 11.4 Å². The molecule has 1 unspecified atom stereocenters. The fraction of sp³-hybridized carbons (Fsp3) is 0.278. The second-order valence-corrected chi connectivity index (χ2v) is 6.70. The number of hydrogen-bond donors (Lipinski definition) is 1. The van der Waals surface area contributed by atoms with Gasteiger partial charge in [-0.05, 0) is 36.4 Å². The van der Waals surface area contributed by atoms with E-state index in [-0.39, 0.29) is 12.1 Å². The second kappa shape index (κ2) is 6.22. The predicted molar refractivity (Wildman–Crippen MR) is 92.3 cm³/mol. The molecular formula is C18H19ClN2O2. The summed E-state index contributed by atoms with van der Waals surface area (Å²) >= 11 is 5.92. The predicted octanol–water partition coefficient (Wildman–Crippen LogP) is 4.47. The van der Waals surface area contributed by atoms with Crippen molar-refractivity contribution in [2.45, 2.75) is 26.5 Å². The van der Waals surface area contributed by atoms with Crippen LogP contribution in [-0.2, 0) is 9.63 Å². The van der Waals surface area contributed by atoms with E-state index in [1.807, 2.05) is 44.2 Å². The van der Waals surface area contributed by atoms with Gasteiger partial charge in [-0.1, -0.05) is 43.6 Å². The Labute approximate surface area is 141 Å². The van der Waals surface area contributed by atoms with Crippen molar-refractivity contribution in [2.24, 2.45) is 5.41 Å². The monoisotopic (exact) mass is 330 g/mol. The molecule has 1 aliphatic rings. The molecule has 4 nitrogen and oxygen atoms in total. The lowest BCUT2D eigenvalue weighted by Gasteiger charge is -2.41. The molecule has 23 heavy (non-hydrogen) atoms. The zero-order valence-electron chi connectivity index (χ0n) is 13.1. The minimum absolute atomic E-state index is 0.0639. The normalized spacial score (nSPS) is 20.4. The lowest BCUT2D eigenvalue weighted by Crippen LogP contribution is -2.52. The number of carbonyl (C=O) groups is 1. The van der Waals surface area contributed by atoms with Crippen LogP contribution in [0, 0.1) is 5.41 Å².